The third-order valence-electron chi connectivity index (χ3n) is 8.13. The lowest BCUT2D eigenvalue weighted by atomic mass is 10.0. The van der Waals surface area contributed by atoms with Crippen LogP contribution in [0, 0.1) is 11.8 Å². The van der Waals surface area contributed by atoms with E-state index in [1.807, 2.05) is 6.07 Å². The molecule has 0 aliphatic carbocycles. The Balaban J connectivity index is 1.46. The van der Waals surface area contributed by atoms with Crippen LogP contribution in [0.15, 0.2) is 47.4 Å². The second-order valence-corrected chi connectivity index (χ2v) is 13.0. The van der Waals surface area contributed by atoms with Gasteiger partial charge in [0.25, 0.3) is 0 Å². The predicted octanol–water partition coefficient (Wildman–Crippen LogP) is 5.07. The Morgan fingerprint density at radius 1 is 1.06 bits per heavy atom. The number of nitrogens with zero attached hydrogens (tertiary/aromatic N) is 2. The lowest BCUT2D eigenvalue weighted by Crippen LogP contribution is -2.44. The summed E-state index contributed by atoms with van der Waals surface area (Å²) in [5.41, 5.74) is 1.91. The van der Waals surface area contributed by atoms with Crippen molar-refractivity contribution in [2.24, 2.45) is 0 Å². The summed E-state index contributed by atoms with van der Waals surface area (Å²) in [4.78, 5) is 26.0. The maximum atomic E-state index is 13.7. The molecule has 0 radical (unpaired) electrons. The number of amides is 1. The minimum atomic E-state index is -4.46. The molecule has 272 valence electrons. The van der Waals surface area contributed by atoms with Crippen molar-refractivity contribution in [3.05, 3.63) is 48.2 Å². The number of carbonyl (C=O) groups excluding carboxylic acids is 2. The summed E-state index contributed by atoms with van der Waals surface area (Å²) in [5, 5.41) is 7.28. The number of fused-ring (bicyclic) bond motifs is 1. The van der Waals surface area contributed by atoms with E-state index >= 15 is 0 Å². The van der Waals surface area contributed by atoms with Gasteiger partial charge in [-0.05, 0) is 49.1 Å². The lowest BCUT2D eigenvalue weighted by molar-refractivity contribution is -0.152. The van der Waals surface area contributed by atoms with E-state index in [2.05, 4.69) is 32.1 Å². The first-order valence-electron chi connectivity index (χ1n) is 16.4. The molecule has 1 aromatic heterocycles. The van der Waals surface area contributed by atoms with Crippen molar-refractivity contribution in [3.8, 4) is 17.6 Å². The third-order valence-corrected chi connectivity index (χ3v) is 9.23. The molecular formula is C35H44F3N5O6S. The number of alkyl halides is 3. The van der Waals surface area contributed by atoms with Crippen LogP contribution in [0.1, 0.15) is 45.2 Å². The van der Waals surface area contributed by atoms with Crippen LogP contribution in [0.2, 0.25) is 0 Å². The zero-order valence-electron chi connectivity index (χ0n) is 28.7. The zero-order chi connectivity index (χ0) is 36.3. The minimum Gasteiger partial charge on any atom is -0.495 e. The number of benzene rings is 2. The molecule has 50 heavy (non-hydrogen) atoms. The van der Waals surface area contributed by atoms with E-state index in [0.717, 1.165) is 31.6 Å². The van der Waals surface area contributed by atoms with Gasteiger partial charge in [0.2, 0.25) is 5.91 Å². The number of halogens is 3. The normalized spacial score (nSPS) is 15.1. The number of anilines is 2. The molecule has 1 aliphatic rings. The van der Waals surface area contributed by atoms with Crippen molar-refractivity contribution in [1.82, 2.24) is 14.2 Å². The average molecular weight is 720 g/mol. The Bertz CT molecular complexity index is 1710. The molecule has 0 saturated carbocycles. The number of likely N-dealkylation sites (tertiary alicyclic amines) is 1. The quantitative estimate of drug-likeness (QED) is 0.146. The fourth-order valence-corrected chi connectivity index (χ4v) is 6.53. The predicted molar refractivity (Wildman–Crippen MR) is 186 cm³/mol. The van der Waals surface area contributed by atoms with Gasteiger partial charge in [-0.2, -0.15) is 13.2 Å². The van der Waals surface area contributed by atoms with Crippen LogP contribution in [-0.4, -0.2) is 90.9 Å². The first-order chi connectivity index (χ1) is 23.9. The van der Waals surface area contributed by atoms with Crippen LogP contribution in [0.5, 0.6) is 5.75 Å². The minimum absolute atomic E-state index is 0.0888. The number of aromatic nitrogens is 1. The molecule has 1 fully saturated rings. The highest BCUT2D eigenvalue weighted by Gasteiger charge is 2.30. The van der Waals surface area contributed by atoms with Gasteiger partial charge < -0.3 is 29.4 Å². The molecule has 2 atom stereocenters. The Morgan fingerprint density at radius 2 is 1.82 bits per heavy atom. The van der Waals surface area contributed by atoms with E-state index in [4.69, 9.17) is 14.2 Å². The average Bonchev–Trinajstić information content (AvgIpc) is 3.43. The molecule has 0 spiro atoms. The van der Waals surface area contributed by atoms with Gasteiger partial charge in [0.05, 0.1) is 42.1 Å². The van der Waals surface area contributed by atoms with Crippen molar-refractivity contribution < 1.29 is 41.2 Å². The number of piperidine rings is 1. The van der Waals surface area contributed by atoms with E-state index in [1.165, 1.54) is 17.7 Å². The fourth-order valence-electron chi connectivity index (χ4n) is 5.65. The second kappa shape index (κ2) is 18.1. The molecule has 11 nitrogen and oxygen atoms in total. The summed E-state index contributed by atoms with van der Waals surface area (Å²) in [6.07, 6.45) is -2.73. The Morgan fingerprint density at radius 3 is 2.48 bits per heavy atom. The highest BCUT2D eigenvalue weighted by Crippen LogP contribution is 2.32. The summed E-state index contributed by atoms with van der Waals surface area (Å²) < 4.78 is 73.4. The number of esters is 1. The summed E-state index contributed by atoms with van der Waals surface area (Å²) >= 11 is 0. The Kier molecular flexibility index (Phi) is 14.0. The molecule has 3 N–H and O–H groups in total. The molecule has 15 heteroatoms. The van der Waals surface area contributed by atoms with Gasteiger partial charge in [0, 0.05) is 62.8 Å². The summed E-state index contributed by atoms with van der Waals surface area (Å²) in [7, 11) is 1.26. The number of hydrogen-bond donors (Lipinski definition) is 3. The van der Waals surface area contributed by atoms with Gasteiger partial charge in [-0.3, -0.25) is 19.2 Å². The number of nitrogens with one attached hydrogen (secondary N) is 3. The van der Waals surface area contributed by atoms with Crippen LogP contribution in [0.25, 0.3) is 10.9 Å². The van der Waals surface area contributed by atoms with Crippen LogP contribution >= 0.6 is 0 Å². The van der Waals surface area contributed by atoms with Gasteiger partial charge >= 0.3 is 12.1 Å². The molecule has 4 rings (SSSR count). The molecule has 3 aromatic rings. The molecule has 2 unspecified atom stereocenters. The maximum Gasteiger partial charge on any atom is 0.406 e. The van der Waals surface area contributed by atoms with E-state index in [0.29, 0.717) is 46.8 Å². The molecule has 1 amide bonds. The number of hydrogen-bond acceptors (Lipinski definition) is 9. The monoisotopic (exact) mass is 719 g/mol. The highest BCUT2D eigenvalue weighted by molar-refractivity contribution is 7.83. The second-order valence-electron chi connectivity index (χ2n) is 11.8. The van der Waals surface area contributed by atoms with Crippen LogP contribution in [-0.2, 0) is 36.6 Å². The highest BCUT2D eigenvalue weighted by atomic mass is 32.2. The topological polar surface area (TPSA) is 123 Å². The van der Waals surface area contributed by atoms with Crippen molar-refractivity contribution in [3.63, 3.8) is 0 Å². The molecule has 1 aliphatic heterocycles. The van der Waals surface area contributed by atoms with Crippen LogP contribution in [0.3, 0.4) is 0 Å². The molecule has 1 saturated heterocycles. The molecule has 0 bridgehead atoms. The Hall–Kier alpha value is -4.26. The van der Waals surface area contributed by atoms with Gasteiger partial charge in [-0.25, -0.2) is 4.21 Å². The van der Waals surface area contributed by atoms with Gasteiger partial charge in [-0.15, -0.1) is 0 Å². The van der Waals surface area contributed by atoms with E-state index in [9.17, 15) is 27.0 Å². The van der Waals surface area contributed by atoms with Gasteiger partial charge in [0.1, 0.15) is 18.4 Å². The van der Waals surface area contributed by atoms with Crippen molar-refractivity contribution >= 4 is 45.1 Å². The van der Waals surface area contributed by atoms with Crippen LogP contribution < -0.4 is 20.1 Å². The molecular weight excluding hydrogens is 675 g/mol. The van der Waals surface area contributed by atoms with Crippen molar-refractivity contribution in [2.75, 3.05) is 57.6 Å². The van der Waals surface area contributed by atoms with Gasteiger partial charge in [-0.1, -0.05) is 25.8 Å². The summed E-state index contributed by atoms with van der Waals surface area (Å²) in [6, 6.07) is 11.8. The number of carbonyl (C=O) groups is 2. The molecule has 2 aromatic carbocycles. The number of rotatable bonds is 15. The number of methoxy groups -OCH3 is 2. The largest absolute Gasteiger partial charge is 0.495 e. The van der Waals surface area contributed by atoms with E-state index < -0.39 is 23.7 Å². The third kappa shape index (κ3) is 10.9. The van der Waals surface area contributed by atoms with Crippen molar-refractivity contribution in [2.45, 2.75) is 69.3 Å². The van der Waals surface area contributed by atoms with E-state index in [-0.39, 0.29) is 42.7 Å². The lowest BCUT2D eigenvalue weighted by Gasteiger charge is -2.34. The summed E-state index contributed by atoms with van der Waals surface area (Å²) in [5.74, 6) is 5.57. The Labute approximate surface area is 292 Å². The van der Waals surface area contributed by atoms with Crippen molar-refractivity contribution in [1.29, 1.82) is 0 Å². The first-order valence-corrected chi connectivity index (χ1v) is 17.6. The SMILES string of the molecule is CCC(=O)NS(=O)c1ccc(NCC#Cc2cc3c(NC4CCN(CC(COC)OC(=O)CC)CC4)cccc3n2CC(F)(F)F)c(OC)c1. The maximum absolute atomic E-state index is 13.7. The standard InChI is InChI=1S/C35H44F3N5O6S/c1-5-33(44)41-50(46)27-12-13-30(32(20-27)48-4)39-16-8-9-25-19-28-29(10-7-11-31(28)43(25)23-35(36,37)38)40-24-14-17-42(18-15-24)21-26(22-47-3)49-34(45)6-2/h7,10-13,19-20,24,26,39-40H,5-6,14-18,21-23H2,1-4H3,(H,41,44). The summed E-state index contributed by atoms with van der Waals surface area (Å²) in [6.45, 7) is 4.70. The zero-order valence-corrected chi connectivity index (χ0v) is 29.5. The fraction of sp³-hybridized carbons (Fsp3) is 0.486. The molecule has 2 heterocycles. The first kappa shape index (κ1) is 38.5. The number of ether oxygens (including phenoxy) is 3. The van der Waals surface area contributed by atoms with Crippen LogP contribution in [0.4, 0.5) is 24.5 Å². The smallest absolute Gasteiger partial charge is 0.406 e. The van der Waals surface area contributed by atoms with E-state index in [1.54, 1.807) is 51.3 Å². The van der Waals surface area contributed by atoms with Gasteiger partial charge in [0.15, 0.2) is 11.0 Å².